The molecule has 0 saturated carbocycles. The number of aliphatic carboxylic acids is 1. The fourth-order valence-electron chi connectivity index (χ4n) is 1.99. The van der Waals surface area contributed by atoms with Gasteiger partial charge in [0.1, 0.15) is 6.04 Å². The van der Waals surface area contributed by atoms with Crippen molar-refractivity contribution in [1.82, 2.24) is 15.5 Å². The van der Waals surface area contributed by atoms with Gasteiger partial charge in [-0.1, -0.05) is 0 Å². The Morgan fingerprint density at radius 3 is 2.89 bits per heavy atom. The van der Waals surface area contributed by atoms with Crippen molar-refractivity contribution in [1.29, 1.82) is 0 Å². The lowest BCUT2D eigenvalue weighted by molar-refractivity contribution is -0.137. The predicted octanol–water partition coefficient (Wildman–Crippen LogP) is 0.160. The second-order valence-electron chi connectivity index (χ2n) is 4.80. The Balaban J connectivity index is 2.36. The highest BCUT2D eigenvalue weighted by molar-refractivity contribution is 5.87. The molecule has 7 heteroatoms. The highest BCUT2D eigenvalue weighted by Crippen LogP contribution is 2.06. The van der Waals surface area contributed by atoms with Gasteiger partial charge in [-0.25, -0.2) is 4.79 Å². The number of piperazine rings is 1. The first-order chi connectivity index (χ1) is 8.91. The lowest BCUT2D eigenvalue weighted by atomic mass is 10.1. The van der Waals surface area contributed by atoms with Crippen LogP contribution < -0.4 is 10.6 Å². The summed E-state index contributed by atoms with van der Waals surface area (Å²) < 4.78 is 0. The van der Waals surface area contributed by atoms with E-state index in [1.165, 1.54) is 4.90 Å². The summed E-state index contributed by atoms with van der Waals surface area (Å²) in [6.07, 6.45) is 1.22. The normalized spacial score (nSPS) is 20.6. The van der Waals surface area contributed by atoms with Gasteiger partial charge in [-0.3, -0.25) is 9.59 Å². The Bertz CT molecular complexity index is 359. The molecule has 1 aliphatic rings. The summed E-state index contributed by atoms with van der Waals surface area (Å²) >= 11 is 0. The van der Waals surface area contributed by atoms with Crippen LogP contribution in [-0.4, -0.2) is 53.1 Å². The van der Waals surface area contributed by atoms with Gasteiger partial charge >= 0.3 is 12.0 Å². The van der Waals surface area contributed by atoms with Crippen LogP contribution in [0.25, 0.3) is 0 Å². The first kappa shape index (κ1) is 15.3. The molecule has 0 aromatic rings. The Morgan fingerprint density at radius 2 is 2.26 bits per heavy atom. The smallest absolute Gasteiger partial charge is 0.318 e. The molecule has 2 unspecified atom stereocenters. The first-order valence-corrected chi connectivity index (χ1v) is 6.48. The third kappa shape index (κ3) is 4.76. The first-order valence-electron chi connectivity index (χ1n) is 6.48. The van der Waals surface area contributed by atoms with E-state index in [9.17, 15) is 14.4 Å². The van der Waals surface area contributed by atoms with E-state index in [1.807, 2.05) is 6.92 Å². The number of nitrogens with zero attached hydrogens (tertiary/aromatic N) is 1. The summed E-state index contributed by atoms with van der Waals surface area (Å²) in [5.74, 6) is -0.986. The molecule has 1 aliphatic heterocycles. The summed E-state index contributed by atoms with van der Waals surface area (Å²) in [4.78, 5) is 35.3. The minimum Gasteiger partial charge on any atom is -0.481 e. The van der Waals surface area contributed by atoms with Crippen molar-refractivity contribution >= 4 is 17.9 Å². The highest BCUT2D eigenvalue weighted by Gasteiger charge is 2.29. The molecule has 0 bridgehead atoms. The molecule has 1 fully saturated rings. The number of rotatable bonds is 5. The van der Waals surface area contributed by atoms with Crippen molar-refractivity contribution in [3.63, 3.8) is 0 Å². The summed E-state index contributed by atoms with van der Waals surface area (Å²) in [5.41, 5.74) is 0. The summed E-state index contributed by atoms with van der Waals surface area (Å²) in [6.45, 7) is 4.46. The topological polar surface area (TPSA) is 98.7 Å². The fourth-order valence-corrected chi connectivity index (χ4v) is 1.99. The quantitative estimate of drug-likeness (QED) is 0.663. The van der Waals surface area contributed by atoms with Crippen molar-refractivity contribution in [3.05, 3.63) is 0 Å². The molecule has 0 aromatic carbocycles. The number of carbonyl (C=O) groups is 3. The van der Waals surface area contributed by atoms with Crippen molar-refractivity contribution < 1.29 is 19.5 Å². The standard InChI is InChI=1S/C12H21N3O4/c1-8(4-3-5-10(16)17)14-12(19)15-7-6-13-11(18)9(15)2/h8-9H,3-7H2,1-2H3,(H,13,18)(H,14,19)(H,16,17). The maximum Gasteiger partial charge on any atom is 0.318 e. The number of hydrogen-bond donors (Lipinski definition) is 3. The zero-order valence-corrected chi connectivity index (χ0v) is 11.3. The van der Waals surface area contributed by atoms with E-state index in [0.29, 0.717) is 25.9 Å². The van der Waals surface area contributed by atoms with Crippen molar-refractivity contribution in [2.45, 2.75) is 45.2 Å². The third-order valence-corrected chi connectivity index (χ3v) is 3.16. The van der Waals surface area contributed by atoms with E-state index in [0.717, 1.165) is 0 Å². The highest BCUT2D eigenvalue weighted by atomic mass is 16.4. The zero-order valence-electron chi connectivity index (χ0n) is 11.3. The Morgan fingerprint density at radius 1 is 1.58 bits per heavy atom. The van der Waals surface area contributed by atoms with E-state index in [-0.39, 0.29) is 24.4 Å². The monoisotopic (exact) mass is 271 g/mol. The van der Waals surface area contributed by atoms with Crippen molar-refractivity contribution in [2.24, 2.45) is 0 Å². The Labute approximate surface area is 112 Å². The second kappa shape index (κ2) is 6.96. The largest absolute Gasteiger partial charge is 0.481 e. The number of carboxylic acids is 1. The van der Waals surface area contributed by atoms with E-state index in [4.69, 9.17) is 5.11 Å². The lowest BCUT2D eigenvalue weighted by Crippen LogP contribution is -2.59. The van der Waals surface area contributed by atoms with Gasteiger partial charge < -0.3 is 20.6 Å². The summed E-state index contributed by atoms with van der Waals surface area (Å²) in [5, 5.41) is 14.0. The number of urea groups is 1. The van der Waals surface area contributed by atoms with Gasteiger partial charge in [0, 0.05) is 25.6 Å². The summed E-state index contributed by atoms with van der Waals surface area (Å²) in [7, 11) is 0. The molecule has 108 valence electrons. The van der Waals surface area contributed by atoms with Crippen LogP contribution in [0.2, 0.25) is 0 Å². The minimum absolute atomic E-state index is 0.0999. The zero-order chi connectivity index (χ0) is 14.4. The number of amides is 3. The molecule has 0 radical (unpaired) electrons. The average Bonchev–Trinajstić information content (AvgIpc) is 2.31. The van der Waals surface area contributed by atoms with E-state index in [2.05, 4.69) is 10.6 Å². The van der Waals surface area contributed by atoms with Crippen LogP contribution in [0.4, 0.5) is 4.79 Å². The van der Waals surface area contributed by atoms with Gasteiger partial charge in [0.15, 0.2) is 0 Å². The van der Waals surface area contributed by atoms with E-state index < -0.39 is 12.0 Å². The van der Waals surface area contributed by atoms with Gasteiger partial charge in [0.2, 0.25) is 5.91 Å². The maximum atomic E-state index is 12.0. The SMILES string of the molecule is CC(CCCC(=O)O)NC(=O)N1CCNC(=O)C1C. The van der Waals surface area contributed by atoms with Gasteiger partial charge in [-0.2, -0.15) is 0 Å². The van der Waals surface area contributed by atoms with Crippen LogP contribution in [0.15, 0.2) is 0 Å². The molecule has 3 N–H and O–H groups in total. The molecule has 0 aliphatic carbocycles. The molecule has 0 spiro atoms. The maximum absolute atomic E-state index is 12.0. The second-order valence-corrected chi connectivity index (χ2v) is 4.80. The molecule has 19 heavy (non-hydrogen) atoms. The lowest BCUT2D eigenvalue weighted by Gasteiger charge is -2.33. The number of carboxylic acid groups (broad SMARTS) is 1. The van der Waals surface area contributed by atoms with Crippen LogP contribution in [0.1, 0.15) is 33.1 Å². The Hall–Kier alpha value is -1.79. The molecule has 3 amide bonds. The molecule has 0 aromatic heterocycles. The van der Waals surface area contributed by atoms with Crippen LogP contribution >= 0.6 is 0 Å². The van der Waals surface area contributed by atoms with Gasteiger partial charge in [-0.15, -0.1) is 0 Å². The van der Waals surface area contributed by atoms with Crippen LogP contribution in [0.3, 0.4) is 0 Å². The van der Waals surface area contributed by atoms with Crippen molar-refractivity contribution in [2.75, 3.05) is 13.1 Å². The van der Waals surface area contributed by atoms with E-state index in [1.54, 1.807) is 6.92 Å². The van der Waals surface area contributed by atoms with Crippen LogP contribution in [0, 0.1) is 0 Å². The molecule has 1 rings (SSSR count). The number of hydrogen-bond acceptors (Lipinski definition) is 3. The fraction of sp³-hybridized carbons (Fsp3) is 0.750. The average molecular weight is 271 g/mol. The van der Waals surface area contributed by atoms with Gasteiger partial charge in [-0.05, 0) is 26.7 Å². The summed E-state index contributed by atoms with van der Waals surface area (Å²) in [6, 6.07) is -0.853. The van der Waals surface area contributed by atoms with E-state index >= 15 is 0 Å². The number of nitrogens with one attached hydrogen (secondary N) is 2. The molecule has 2 atom stereocenters. The number of carbonyl (C=O) groups excluding carboxylic acids is 2. The van der Waals surface area contributed by atoms with Crippen LogP contribution in [0.5, 0.6) is 0 Å². The molecular formula is C12H21N3O4. The van der Waals surface area contributed by atoms with Crippen molar-refractivity contribution in [3.8, 4) is 0 Å². The third-order valence-electron chi connectivity index (χ3n) is 3.16. The van der Waals surface area contributed by atoms with Gasteiger partial charge in [0.05, 0.1) is 0 Å². The minimum atomic E-state index is -0.833. The molecule has 1 heterocycles. The van der Waals surface area contributed by atoms with Crippen LogP contribution in [-0.2, 0) is 9.59 Å². The predicted molar refractivity (Wildman–Crippen MR) is 68.7 cm³/mol. The van der Waals surface area contributed by atoms with Gasteiger partial charge in [0.25, 0.3) is 0 Å². The molecular weight excluding hydrogens is 250 g/mol. The molecule has 1 saturated heterocycles. The Kier molecular flexibility index (Phi) is 5.59. The molecule has 7 nitrogen and oxygen atoms in total.